The van der Waals surface area contributed by atoms with Gasteiger partial charge in [-0.1, -0.05) is 41.4 Å². The first-order valence-electron chi connectivity index (χ1n) is 12.4. The lowest BCUT2D eigenvalue weighted by Gasteiger charge is -2.30. The Hall–Kier alpha value is -4.74. The van der Waals surface area contributed by atoms with Gasteiger partial charge in [0.25, 0.3) is 11.8 Å². The van der Waals surface area contributed by atoms with Crippen molar-refractivity contribution < 1.29 is 19.5 Å². The average Bonchev–Trinajstić information content (AvgIpc) is 2.96. The molecule has 5 rings (SSSR count). The predicted octanol–water partition coefficient (Wildman–Crippen LogP) is 3.47. The van der Waals surface area contributed by atoms with E-state index in [0.29, 0.717) is 40.7 Å². The highest BCUT2D eigenvalue weighted by Gasteiger charge is 2.30. The van der Waals surface area contributed by atoms with E-state index in [4.69, 9.17) is 28.9 Å². The molecule has 5 N–H and O–H groups in total. The Morgan fingerprint density at radius 3 is 2.61 bits per heavy atom. The third-order valence-corrected chi connectivity index (χ3v) is 7.22. The zero-order chi connectivity index (χ0) is 29.1. The number of halogens is 2. The molecule has 208 valence electrons. The second-order valence-corrected chi connectivity index (χ2v) is 9.93. The van der Waals surface area contributed by atoms with Crippen molar-refractivity contribution in [1.29, 1.82) is 0 Å². The molecule has 0 aliphatic carbocycles. The standard InChI is InChI=1S/C28H23Cl2N7O4/c29-19-11-15-13-37(27(39)20(31)12-16-5-3-4-9-32-16)10-8-17(15)23(30)22(19)26(38)36-25(28(40)41)35-24-18-6-1-2-7-21(18)33-14-34-24/h1-7,9,11-12,14,25H,8,10,13,31H2,(H,36,38)(H,40,41)(H,33,34,35)/t25-/m1/s1. The van der Waals surface area contributed by atoms with Crippen LogP contribution in [0.1, 0.15) is 27.2 Å². The fourth-order valence-corrected chi connectivity index (χ4v) is 5.28. The largest absolute Gasteiger partial charge is 0.478 e. The van der Waals surface area contributed by atoms with Crippen molar-refractivity contribution in [3.63, 3.8) is 0 Å². The summed E-state index contributed by atoms with van der Waals surface area (Å²) in [4.78, 5) is 52.3. The van der Waals surface area contributed by atoms with Gasteiger partial charge in [-0.3, -0.25) is 14.6 Å². The third kappa shape index (κ3) is 5.91. The zero-order valence-electron chi connectivity index (χ0n) is 21.3. The number of aliphatic carboxylic acids is 1. The van der Waals surface area contributed by atoms with E-state index in [9.17, 15) is 19.5 Å². The summed E-state index contributed by atoms with van der Waals surface area (Å²) in [6.45, 7) is 0.470. The molecule has 2 amide bonds. The Bertz CT molecular complexity index is 1690. The molecule has 0 fully saturated rings. The maximum Gasteiger partial charge on any atom is 0.347 e. The summed E-state index contributed by atoms with van der Waals surface area (Å²) in [5.74, 6) is -2.28. The highest BCUT2D eigenvalue weighted by molar-refractivity contribution is 6.40. The van der Waals surface area contributed by atoms with Crippen LogP contribution in [-0.4, -0.2) is 55.5 Å². The lowest BCUT2D eigenvalue weighted by molar-refractivity contribution is -0.138. The molecule has 0 saturated heterocycles. The summed E-state index contributed by atoms with van der Waals surface area (Å²) in [6, 6.07) is 13.9. The van der Waals surface area contributed by atoms with Crippen molar-refractivity contribution in [3.8, 4) is 0 Å². The number of rotatable bonds is 7. The number of anilines is 1. The molecule has 0 spiro atoms. The molecular formula is C28H23Cl2N7O4. The molecule has 13 heteroatoms. The fourth-order valence-electron chi connectivity index (χ4n) is 4.52. The van der Waals surface area contributed by atoms with Crippen LogP contribution in [0, 0.1) is 0 Å². The van der Waals surface area contributed by atoms with Crippen molar-refractivity contribution in [2.45, 2.75) is 19.1 Å². The third-order valence-electron chi connectivity index (χ3n) is 6.50. The number of fused-ring (bicyclic) bond motifs is 2. The number of hydrogen-bond donors (Lipinski definition) is 4. The van der Waals surface area contributed by atoms with E-state index in [1.54, 1.807) is 59.6 Å². The first-order chi connectivity index (χ1) is 19.7. The van der Waals surface area contributed by atoms with E-state index < -0.39 is 18.0 Å². The van der Waals surface area contributed by atoms with Crippen LogP contribution in [0.3, 0.4) is 0 Å². The number of pyridine rings is 1. The fraction of sp³-hybridized carbons (Fsp3) is 0.143. The van der Waals surface area contributed by atoms with Crippen molar-refractivity contribution in [2.75, 3.05) is 11.9 Å². The molecule has 2 aromatic heterocycles. The zero-order valence-corrected chi connectivity index (χ0v) is 22.9. The van der Waals surface area contributed by atoms with E-state index in [1.165, 1.54) is 12.4 Å². The van der Waals surface area contributed by atoms with E-state index >= 15 is 0 Å². The van der Waals surface area contributed by atoms with Gasteiger partial charge in [0.2, 0.25) is 6.17 Å². The van der Waals surface area contributed by atoms with E-state index in [2.05, 4.69) is 25.6 Å². The molecule has 1 aliphatic rings. The van der Waals surface area contributed by atoms with Gasteiger partial charge in [-0.15, -0.1) is 0 Å². The van der Waals surface area contributed by atoms with Crippen molar-refractivity contribution in [1.82, 2.24) is 25.2 Å². The Kier molecular flexibility index (Phi) is 7.99. The molecule has 3 heterocycles. The molecule has 0 unspecified atom stereocenters. The predicted molar refractivity (Wildman–Crippen MR) is 154 cm³/mol. The summed E-state index contributed by atoms with van der Waals surface area (Å²) in [5, 5.41) is 15.6. The first kappa shape index (κ1) is 27.8. The minimum Gasteiger partial charge on any atom is -0.478 e. The van der Waals surface area contributed by atoms with Crippen LogP contribution in [0.5, 0.6) is 0 Å². The van der Waals surface area contributed by atoms with Gasteiger partial charge in [0.05, 0.1) is 32.5 Å². The highest BCUT2D eigenvalue weighted by atomic mass is 35.5. The molecule has 1 atom stereocenters. The Labute approximate surface area is 244 Å². The van der Waals surface area contributed by atoms with Gasteiger partial charge >= 0.3 is 5.97 Å². The van der Waals surface area contributed by atoms with Crippen LogP contribution < -0.4 is 16.4 Å². The molecular weight excluding hydrogens is 569 g/mol. The number of nitrogens with one attached hydrogen (secondary N) is 2. The van der Waals surface area contributed by atoms with Crippen LogP contribution in [0.25, 0.3) is 17.0 Å². The molecule has 11 nitrogen and oxygen atoms in total. The lowest BCUT2D eigenvalue weighted by Crippen LogP contribution is -2.46. The molecule has 0 saturated carbocycles. The number of nitrogens with two attached hydrogens (primary N) is 1. The Balaban J connectivity index is 1.35. The molecule has 4 aromatic rings. The van der Waals surface area contributed by atoms with Gasteiger partial charge < -0.3 is 26.4 Å². The maximum absolute atomic E-state index is 13.3. The normalized spacial score (nSPS) is 13.8. The number of carboxylic acids is 1. The summed E-state index contributed by atoms with van der Waals surface area (Å²) in [6.07, 6.45) is 3.18. The SMILES string of the molecule is NC(=Cc1ccccn1)C(=O)N1CCc2c(cc(Cl)c(C(=O)N[C@@H](Nc3ncnc4ccccc34)C(=O)O)c2Cl)C1. The van der Waals surface area contributed by atoms with Crippen molar-refractivity contribution in [2.24, 2.45) is 5.73 Å². The number of benzene rings is 2. The average molecular weight is 592 g/mol. The summed E-state index contributed by atoms with van der Waals surface area (Å²) < 4.78 is 0. The molecule has 41 heavy (non-hydrogen) atoms. The molecule has 0 bridgehead atoms. The van der Waals surface area contributed by atoms with E-state index in [-0.39, 0.29) is 39.6 Å². The lowest BCUT2D eigenvalue weighted by atomic mass is 9.96. The Morgan fingerprint density at radius 1 is 1.07 bits per heavy atom. The van der Waals surface area contributed by atoms with Gasteiger partial charge in [0, 0.05) is 24.7 Å². The van der Waals surface area contributed by atoms with Crippen LogP contribution in [0.2, 0.25) is 10.0 Å². The second kappa shape index (κ2) is 11.8. The minimum atomic E-state index is -1.55. The number of amides is 2. The van der Waals surface area contributed by atoms with Crippen molar-refractivity contribution >= 4 is 63.8 Å². The summed E-state index contributed by atoms with van der Waals surface area (Å²) in [7, 11) is 0. The number of aromatic nitrogens is 3. The van der Waals surface area contributed by atoms with E-state index in [1.807, 2.05) is 0 Å². The number of nitrogens with zero attached hydrogens (tertiary/aromatic N) is 4. The maximum atomic E-state index is 13.3. The molecule has 1 aliphatic heterocycles. The second-order valence-electron chi connectivity index (χ2n) is 9.14. The van der Waals surface area contributed by atoms with Crippen LogP contribution >= 0.6 is 23.2 Å². The minimum absolute atomic E-state index is 0.00849. The van der Waals surface area contributed by atoms with E-state index in [0.717, 1.165) is 0 Å². The number of carbonyl (C=O) groups is 3. The monoisotopic (exact) mass is 591 g/mol. The highest BCUT2D eigenvalue weighted by Crippen LogP contribution is 2.35. The van der Waals surface area contributed by atoms with Crippen LogP contribution in [0.15, 0.2) is 66.8 Å². The topological polar surface area (TPSA) is 163 Å². The van der Waals surface area contributed by atoms with Crippen molar-refractivity contribution in [3.05, 3.63) is 99.2 Å². The smallest absolute Gasteiger partial charge is 0.347 e. The van der Waals surface area contributed by atoms with Crippen LogP contribution in [0.4, 0.5) is 5.82 Å². The Morgan fingerprint density at radius 2 is 1.85 bits per heavy atom. The number of carboxylic acid groups (broad SMARTS) is 1. The van der Waals surface area contributed by atoms with Gasteiger partial charge in [0.15, 0.2) is 0 Å². The van der Waals surface area contributed by atoms with Gasteiger partial charge in [0.1, 0.15) is 12.1 Å². The molecule has 2 aromatic carbocycles. The van der Waals surface area contributed by atoms with Crippen LogP contribution in [-0.2, 0) is 22.6 Å². The summed E-state index contributed by atoms with van der Waals surface area (Å²) >= 11 is 13.1. The molecule has 0 radical (unpaired) electrons. The number of carbonyl (C=O) groups excluding carboxylic acids is 2. The number of para-hydroxylation sites is 1. The first-order valence-corrected chi connectivity index (χ1v) is 13.2. The number of hydrogen-bond acceptors (Lipinski definition) is 8. The summed E-state index contributed by atoms with van der Waals surface area (Å²) in [5.41, 5.74) is 8.46. The van der Waals surface area contributed by atoms with Gasteiger partial charge in [-0.05, 0) is 54.0 Å². The quantitative estimate of drug-likeness (QED) is 0.186. The van der Waals surface area contributed by atoms with Gasteiger partial charge in [-0.25, -0.2) is 14.8 Å². The van der Waals surface area contributed by atoms with Gasteiger partial charge in [-0.2, -0.15) is 0 Å².